The minimum Gasteiger partial charge on any atom is -0.324 e. The number of carbonyl (C=O) groups is 1. The highest BCUT2D eigenvalue weighted by atomic mass is 35.5. The number of halogens is 1. The molecule has 0 aliphatic carbocycles. The Morgan fingerprint density at radius 2 is 2.14 bits per heavy atom. The summed E-state index contributed by atoms with van der Waals surface area (Å²) in [5, 5.41) is 11.9. The molecule has 2 aromatic carbocycles. The van der Waals surface area contributed by atoms with E-state index in [1.54, 1.807) is 24.3 Å². The number of anilines is 1. The van der Waals surface area contributed by atoms with Crippen LogP contribution in [-0.2, 0) is 4.79 Å². The molecule has 1 amide bonds. The van der Waals surface area contributed by atoms with Gasteiger partial charge in [-0.1, -0.05) is 29.8 Å². The molecule has 0 saturated heterocycles. The lowest BCUT2D eigenvalue weighted by atomic mass is 10.00. The first-order valence-electron chi connectivity index (χ1n) is 8.10. The molecule has 0 atom stereocenters. The summed E-state index contributed by atoms with van der Waals surface area (Å²) in [5.41, 5.74) is -1.23. The Labute approximate surface area is 136 Å². The summed E-state index contributed by atoms with van der Waals surface area (Å²) in [4.78, 5) is 26.6. The Morgan fingerprint density at radius 3 is 2.86 bits per heavy atom. The number of benzene rings is 2. The van der Waals surface area contributed by atoms with Crippen LogP contribution in [0.15, 0.2) is 47.4 Å². The van der Waals surface area contributed by atoms with Gasteiger partial charge in [0, 0.05) is 28.2 Å². The average Bonchev–Trinajstić information content (AvgIpc) is 2.71. The maximum Gasteiger partial charge on any atom is 0.270 e. The number of fused-ring (bicyclic) bond motifs is 1. The van der Waals surface area contributed by atoms with Gasteiger partial charge >= 0.3 is 0 Å². The van der Waals surface area contributed by atoms with Gasteiger partial charge in [0.25, 0.3) is 5.69 Å². The quantitative estimate of drug-likeness (QED) is 0.682. The highest BCUT2D eigenvalue weighted by molar-refractivity contribution is 6.36. The Morgan fingerprint density at radius 1 is 1.36 bits per heavy atom. The van der Waals surface area contributed by atoms with Crippen LogP contribution in [0.2, 0.25) is 6.43 Å². The molecule has 22 heavy (non-hydrogen) atoms. The molecular weight excluding hydrogens is 306 g/mol. The summed E-state index contributed by atoms with van der Waals surface area (Å²) in [7, 11) is 0. The zero-order valence-electron chi connectivity index (χ0n) is 15.0. The van der Waals surface area contributed by atoms with Crippen LogP contribution in [0, 0.1) is 10.1 Å². The van der Waals surface area contributed by atoms with Gasteiger partial charge in [0.05, 0.1) is 20.4 Å². The fourth-order valence-corrected chi connectivity index (χ4v) is 2.22. The molecule has 7 heteroatoms. The van der Waals surface area contributed by atoms with Gasteiger partial charge in [0.1, 0.15) is 6.54 Å². The predicted octanol–water partition coefficient (Wildman–Crippen LogP) is 3.04. The second-order valence-electron chi connectivity index (χ2n) is 4.35. The number of nitro groups is 1. The zero-order valence-corrected chi connectivity index (χ0v) is 11.7. The van der Waals surface area contributed by atoms with Crippen LogP contribution in [0.25, 0.3) is 0 Å². The van der Waals surface area contributed by atoms with E-state index in [0.29, 0.717) is 10.9 Å². The van der Waals surface area contributed by atoms with E-state index in [9.17, 15) is 14.9 Å². The minimum absolute atomic E-state index is 0.00435. The van der Waals surface area contributed by atoms with Gasteiger partial charge in [-0.3, -0.25) is 19.9 Å². The van der Waals surface area contributed by atoms with Crippen molar-refractivity contribution in [2.24, 2.45) is 4.99 Å². The average molecular weight is 320 g/mol. The van der Waals surface area contributed by atoms with Crippen molar-refractivity contribution < 1.29 is 15.2 Å². The van der Waals surface area contributed by atoms with Gasteiger partial charge in [-0.2, -0.15) is 0 Å². The first kappa shape index (κ1) is 10.1. The Hall–Kier alpha value is -2.73. The van der Waals surface area contributed by atoms with E-state index >= 15 is 0 Å². The molecule has 6 nitrogen and oxygen atoms in total. The predicted molar refractivity (Wildman–Crippen MR) is 83.7 cm³/mol. The molecule has 0 fully saturated rings. The Kier molecular flexibility index (Phi) is 2.55. The molecule has 3 rings (SSSR count). The lowest BCUT2D eigenvalue weighted by Crippen LogP contribution is -2.13. The van der Waals surface area contributed by atoms with Gasteiger partial charge in [-0.25, -0.2) is 0 Å². The maximum atomic E-state index is 12.1. The lowest BCUT2D eigenvalue weighted by molar-refractivity contribution is -0.384. The van der Waals surface area contributed by atoms with Gasteiger partial charge in [-0.15, -0.1) is 0 Å². The minimum atomic E-state index is -0.936. The summed E-state index contributed by atoms with van der Waals surface area (Å²) >= 11 is 6.17. The third-order valence-corrected chi connectivity index (χ3v) is 3.27. The third kappa shape index (κ3) is 2.56. The normalized spacial score (nSPS) is 16.7. The molecule has 2 aromatic rings. The second-order valence-corrected chi connectivity index (χ2v) is 4.76. The number of nitrogens with zero attached hydrogens (tertiary/aromatic N) is 2. The smallest absolute Gasteiger partial charge is 0.270 e. The fraction of sp³-hybridized carbons (Fsp3) is 0.0667. The number of nitro benzene ring substituents is 1. The summed E-state index contributed by atoms with van der Waals surface area (Å²) in [6.07, 6.45) is 0. The van der Waals surface area contributed by atoms with Crippen molar-refractivity contribution in [1.82, 2.24) is 0 Å². The number of benzodiazepines with no additional fused rings is 1. The Bertz CT molecular complexity index is 997. The third-order valence-electron chi connectivity index (χ3n) is 2.94. The van der Waals surface area contributed by atoms with Gasteiger partial charge in [0.2, 0.25) is 5.91 Å². The SMILES string of the molecule is [2H]c1c([2H])c([N+](=O)[O-])c([2H])c2c1N([2H])C(=O)CN=C2c1ccccc1Cl. The molecule has 0 radical (unpaired) electrons. The van der Waals surface area contributed by atoms with Crippen molar-refractivity contribution in [1.29, 1.82) is 0 Å². The van der Waals surface area contributed by atoms with Crippen molar-refractivity contribution in [2.45, 2.75) is 0 Å². The summed E-state index contributed by atoms with van der Waals surface area (Å²) in [6.45, 7) is -0.460. The molecule has 0 aromatic heterocycles. The van der Waals surface area contributed by atoms with E-state index in [4.69, 9.17) is 17.1 Å². The van der Waals surface area contributed by atoms with Crippen molar-refractivity contribution in [3.05, 3.63) is 68.7 Å². The fourth-order valence-electron chi connectivity index (χ4n) is 2.00. The molecule has 110 valence electrons. The van der Waals surface area contributed by atoms with Crippen LogP contribution in [0.3, 0.4) is 0 Å². The lowest BCUT2D eigenvalue weighted by Gasteiger charge is -2.11. The zero-order chi connectivity index (χ0) is 19.2. The number of hydrogen-bond donors (Lipinski definition) is 1. The van der Waals surface area contributed by atoms with E-state index in [2.05, 4.69) is 4.99 Å². The topological polar surface area (TPSA) is 84.6 Å². The van der Waals surface area contributed by atoms with Crippen molar-refractivity contribution in [3.63, 3.8) is 0 Å². The van der Waals surface area contributed by atoms with Crippen LogP contribution < -0.4 is 5.31 Å². The summed E-state index contributed by atoms with van der Waals surface area (Å²) in [5.74, 6) is -0.797. The van der Waals surface area contributed by atoms with Crippen molar-refractivity contribution in [3.8, 4) is 0 Å². The van der Waals surface area contributed by atoms with Crippen molar-refractivity contribution in [2.75, 3.05) is 11.9 Å². The molecule has 1 aliphatic rings. The number of hydrogen-bond acceptors (Lipinski definition) is 4. The monoisotopic (exact) mass is 319 g/mol. The molecule has 0 spiro atoms. The van der Waals surface area contributed by atoms with E-state index in [1.165, 1.54) is 0 Å². The van der Waals surface area contributed by atoms with Crippen molar-refractivity contribution >= 4 is 34.6 Å². The molecular formula is C15H10ClN3O3. The van der Waals surface area contributed by atoms with E-state index < -0.39 is 46.9 Å². The van der Waals surface area contributed by atoms with Crippen LogP contribution >= 0.6 is 11.6 Å². The summed E-state index contributed by atoms with van der Waals surface area (Å²) in [6, 6.07) is 4.14. The molecule has 0 saturated carbocycles. The number of carbonyl (C=O) groups excluding carboxylic acids is 1. The molecule has 0 unspecified atom stereocenters. The van der Waals surface area contributed by atoms with Crippen LogP contribution in [-0.4, -0.2) is 23.1 Å². The van der Waals surface area contributed by atoms with Crippen LogP contribution in [0.4, 0.5) is 11.4 Å². The Balaban J connectivity index is 2.47. The largest absolute Gasteiger partial charge is 0.324 e. The summed E-state index contributed by atoms with van der Waals surface area (Å²) < 4.78 is 32.0. The van der Waals surface area contributed by atoms with Crippen LogP contribution in [0.5, 0.6) is 0 Å². The first-order valence-corrected chi connectivity index (χ1v) is 6.53. The molecule has 1 aliphatic heterocycles. The van der Waals surface area contributed by atoms with Gasteiger partial charge in [-0.05, 0) is 12.1 Å². The number of amides is 1. The molecule has 0 bridgehead atoms. The van der Waals surface area contributed by atoms with E-state index in [0.717, 1.165) is 0 Å². The standard InChI is InChI=1S/C15H10ClN3O3/c16-12-4-2-1-3-10(12)15-11-7-9(19(21)22)5-6-13(11)18-14(20)8-17-15/h1-7H,8H2,(H,18,20)/i5D,6D,7D/hD. The number of aliphatic imine (C=N–C) groups is 1. The molecule has 1 heterocycles. The second kappa shape index (κ2) is 5.57. The van der Waals surface area contributed by atoms with Crippen LogP contribution in [0.1, 0.15) is 15.2 Å². The highest BCUT2D eigenvalue weighted by Crippen LogP contribution is 2.29. The highest BCUT2D eigenvalue weighted by Gasteiger charge is 2.22. The van der Waals surface area contributed by atoms with Gasteiger partial charge in [0.15, 0.2) is 1.41 Å². The maximum absolute atomic E-state index is 12.1. The van der Waals surface area contributed by atoms with E-state index in [1.807, 2.05) is 0 Å². The van der Waals surface area contributed by atoms with E-state index in [-0.39, 0.29) is 16.3 Å². The first-order chi connectivity index (χ1) is 12.3. The number of nitrogens with one attached hydrogen (secondary N) is 1. The molecule has 1 N–H and O–H groups in total. The van der Waals surface area contributed by atoms with Gasteiger partial charge < -0.3 is 5.31 Å². The number of rotatable bonds is 2.